The number of hydrogen-bond donors (Lipinski definition) is 0. The van der Waals surface area contributed by atoms with Gasteiger partial charge < -0.3 is 0 Å². The summed E-state index contributed by atoms with van der Waals surface area (Å²) in [4.78, 5) is 0. The highest BCUT2D eigenvalue weighted by Crippen LogP contribution is 2.21. The van der Waals surface area contributed by atoms with Crippen LogP contribution in [0.3, 0.4) is 0 Å². The van der Waals surface area contributed by atoms with Gasteiger partial charge in [-0.05, 0) is 30.9 Å². The van der Waals surface area contributed by atoms with Crippen molar-refractivity contribution in [1.82, 2.24) is 0 Å². The molecule has 0 aromatic carbocycles. The summed E-state index contributed by atoms with van der Waals surface area (Å²) in [5.41, 5.74) is 2.79. The van der Waals surface area contributed by atoms with Gasteiger partial charge in [-0.1, -0.05) is 43.4 Å². The molecule has 0 saturated carbocycles. The molecule has 0 nitrogen and oxygen atoms in total. The summed E-state index contributed by atoms with van der Waals surface area (Å²) in [7, 11) is 0. The number of hydrogen-bond acceptors (Lipinski definition) is 0. The molecular weight excluding hydrogens is 144 g/mol. The van der Waals surface area contributed by atoms with E-state index in [4.69, 9.17) is 0 Å². The van der Waals surface area contributed by atoms with Crippen LogP contribution in [0.5, 0.6) is 0 Å². The van der Waals surface area contributed by atoms with Crippen molar-refractivity contribution < 1.29 is 0 Å². The van der Waals surface area contributed by atoms with E-state index in [1.807, 2.05) is 0 Å². The summed E-state index contributed by atoms with van der Waals surface area (Å²) in [6, 6.07) is 0. The molecule has 64 valence electrons. The molecule has 0 aromatic rings. The van der Waals surface area contributed by atoms with E-state index < -0.39 is 0 Å². The Labute approximate surface area is 75.0 Å². The van der Waals surface area contributed by atoms with Gasteiger partial charge in [0.05, 0.1) is 0 Å². The van der Waals surface area contributed by atoms with Crippen LogP contribution in [0, 0.1) is 5.92 Å². The SMILES string of the molecule is C/C=C\C(C)=C1\C=CC=CC1C. The van der Waals surface area contributed by atoms with Crippen LogP contribution < -0.4 is 0 Å². The summed E-state index contributed by atoms with van der Waals surface area (Å²) in [6.07, 6.45) is 12.9. The fraction of sp³-hybridized carbons (Fsp3) is 0.333. The number of rotatable bonds is 1. The summed E-state index contributed by atoms with van der Waals surface area (Å²) in [6.45, 7) is 6.44. The zero-order valence-corrected chi connectivity index (χ0v) is 8.04. The second kappa shape index (κ2) is 4.10. The van der Waals surface area contributed by atoms with E-state index in [0.29, 0.717) is 5.92 Å². The van der Waals surface area contributed by atoms with Gasteiger partial charge in [0.2, 0.25) is 0 Å². The minimum absolute atomic E-state index is 0.561. The summed E-state index contributed by atoms with van der Waals surface area (Å²) in [5, 5.41) is 0. The first-order valence-corrected chi connectivity index (χ1v) is 4.44. The molecule has 1 rings (SSSR count). The molecule has 0 saturated heterocycles. The van der Waals surface area contributed by atoms with Crippen LogP contribution in [-0.2, 0) is 0 Å². The molecule has 0 fully saturated rings. The second-order valence-electron chi connectivity index (χ2n) is 3.17. The Hall–Kier alpha value is -1.04. The Morgan fingerprint density at radius 2 is 2.17 bits per heavy atom. The molecule has 0 heteroatoms. The first-order valence-electron chi connectivity index (χ1n) is 4.44. The molecule has 1 unspecified atom stereocenters. The normalized spacial score (nSPS) is 26.8. The van der Waals surface area contributed by atoms with Crippen LogP contribution >= 0.6 is 0 Å². The third-order valence-electron chi connectivity index (χ3n) is 2.15. The van der Waals surface area contributed by atoms with Crippen LogP contribution in [0.15, 0.2) is 47.6 Å². The molecule has 0 aromatic heterocycles. The van der Waals surface area contributed by atoms with Gasteiger partial charge in [0.25, 0.3) is 0 Å². The number of allylic oxidation sites excluding steroid dienone is 8. The van der Waals surface area contributed by atoms with Gasteiger partial charge in [-0.25, -0.2) is 0 Å². The van der Waals surface area contributed by atoms with Crippen molar-refractivity contribution in [2.45, 2.75) is 20.8 Å². The van der Waals surface area contributed by atoms with E-state index in [1.165, 1.54) is 11.1 Å². The zero-order chi connectivity index (χ0) is 8.97. The van der Waals surface area contributed by atoms with Crippen molar-refractivity contribution in [1.29, 1.82) is 0 Å². The summed E-state index contributed by atoms with van der Waals surface area (Å²) < 4.78 is 0. The molecule has 1 aliphatic carbocycles. The standard InChI is InChI=1S/C12H16/c1-4-7-10(2)12-9-6-5-8-11(12)3/h4-9,11H,1-3H3/b7-4-,12-10-. The lowest BCUT2D eigenvalue weighted by Gasteiger charge is -2.13. The topological polar surface area (TPSA) is 0 Å². The molecule has 12 heavy (non-hydrogen) atoms. The van der Waals surface area contributed by atoms with Gasteiger partial charge in [-0.15, -0.1) is 0 Å². The average Bonchev–Trinajstić information content (AvgIpc) is 2.05. The summed E-state index contributed by atoms with van der Waals surface area (Å²) >= 11 is 0. The van der Waals surface area contributed by atoms with Crippen LogP contribution in [0.4, 0.5) is 0 Å². The highest BCUT2D eigenvalue weighted by atomic mass is 14.1. The molecule has 1 aliphatic rings. The monoisotopic (exact) mass is 160 g/mol. The third-order valence-corrected chi connectivity index (χ3v) is 2.15. The average molecular weight is 160 g/mol. The molecule has 0 radical (unpaired) electrons. The van der Waals surface area contributed by atoms with E-state index in [0.717, 1.165) is 0 Å². The van der Waals surface area contributed by atoms with Crippen molar-refractivity contribution in [3.63, 3.8) is 0 Å². The summed E-state index contributed by atoms with van der Waals surface area (Å²) in [5.74, 6) is 0.561. The minimum Gasteiger partial charge on any atom is -0.0874 e. The van der Waals surface area contributed by atoms with Crippen LogP contribution in [0.25, 0.3) is 0 Å². The quantitative estimate of drug-likeness (QED) is 0.549. The Kier molecular flexibility index (Phi) is 3.09. The van der Waals surface area contributed by atoms with E-state index in [9.17, 15) is 0 Å². The Balaban J connectivity index is 2.93. The highest BCUT2D eigenvalue weighted by molar-refractivity contribution is 5.39. The lowest BCUT2D eigenvalue weighted by molar-refractivity contribution is 0.872. The lowest BCUT2D eigenvalue weighted by Crippen LogP contribution is -1.98. The van der Waals surface area contributed by atoms with Gasteiger partial charge in [0.1, 0.15) is 0 Å². The molecule has 0 spiro atoms. The van der Waals surface area contributed by atoms with Crippen molar-refractivity contribution in [2.75, 3.05) is 0 Å². The highest BCUT2D eigenvalue weighted by Gasteiger charge is 2.06. The maximum atomic E-state index is 2.22. The molecule has 0 N–H and O–H groups in total. The molecule has 0 heterocycles. The van der Waals surface area contributed by atoms with Crippen LogP contribution in [0.2, 0.25) is 0 Å². The van der Waals surface area contributed by atoms with Crippen molar-refractivity contribution in [3.05, 3.63) is 47.6 Å². The van der Waals surface area contributed by atoms with Crippen LogP contribution in [0.1, 0.15) is 20.8 Å². The molecule has 0 amide bonds. The van der Waals surface area contributed by atoms with Gasteiger partial charge in [-0.2, -0.15) is 0 Å². The van der Waals surface area contributed by atoms with Gasteiger partial charge >= 0.3 is 0 Å². The Bertz CT molecular complexity index is 262. The van der Waals surface area contributed by atoms with Gasteiger partial charge in [0, 0.05) is 0 Å². The first kappa shape index (κ1) is 9.05. The van der Waals surface area contributed by atoms with E-state index in [-0.39, 0.29) is 0 Å². The third kappa shape index (κ3) is 1.97. The maximum absolute atomic E-state index is 2.22. The second-order valence-corrected chi connectivity index (χ2v) is 3.17. The Morgan fingerprint density at radius 1 is 1.42 bits per heavy atom. The van der Waals surface area contributed by atoms with Crippen LogP contribution in [-0.4, -0.2) is 0 Å². The predicted octanol–water partition coefficient (Wildman–Crippen LogP) is 3.64. The van der Waals surface area contributed by atoms with Gasteiger partial charge in [-0.3, -0.25) is 0 Å². The Morgan fingerprint density at radius 3 is 2.75 bits per heavy atom. The largest absolute Gasteiger partial charge is 0.0874 e. The molecule has 1 atom stereocenters. The molecule has 0 bridgehead atoms. The van der Waals surface area contributed by atoms with Crippen molar-refractivity contribution in [3.8, 4) is 0 Å². The predicted molar refractivity (Wildman–Crippen MR) is 55.0 cm³/mol. The first-order chi connectivity index (χ1) is 5.75. The van der Waals surface area contributed by atoms with Gasteiger partial charge in [0.15, 0.2) is 0 Å². The lowest BCUT2D eigenvalue weighted by atomic mass is 9.92. The fourth-order valence-electron chi connectivity index (χ4n) is 1.48. The maximum Gasteiger partial charge on any atom is -0.000470 e. The minimum atomic E-state index is 0.561. The molecule has 0 aliphatic heterocycles. The van der Waals surface area contributed by atoms with Crippen molar-refractivity contribution in [2.24, 2.45) is 5.92 Å². The molecular formula is C12H16. The van der Waals surface area contributed by atoms with Crippen molar-refractivity contribution >= 4 is 0 Å². The van der Waals surface area contributed by atoms with E-state index in [1.54, 1.807) is 0 Å². The van der Waals surface area contributed by atoms with E-state index in [2.05, 4.69) is 57.2 Å². The smallest absolute Gasteiger partial charge is 0.000470 e. The van der Waals surface area contributed by atoms with E-state index >= 15 is 0 Å². The zero-order valence-electron chi connectivity index (χ0n) is 8.04. The fourth-order valence-corrected chi connectivity index (χ4v) is 1.48.